The lowest BCUT2D eigenvalue weighted by Gasteiger charge is -2.23. The molecule has 0 bridgehead atoms. The standard InChI is InChI=1S/C10H20ClNO/c1-3-5-7-10(9-11,12-13)8-6-4-2/h3-9H2,1-2H3. The number of nitroso groups, excluding NO2 is 1. The molecule has 0 aromatic rings. The zero-order valence-electron chi connectivity index (χ0n) is 8.68. The summed E-state index contributed by atoms with van der Waals surface area (Å²) in [6, 6.07) is 0. The number of hydrogen-bond donors (Lipinski definition) is 0. The molecule has 0 aromatic heterocycles. The lowest BCUT2D eigenvalue weighted by molar-refractivity contribution is 0.380. The monoisotopic (exact) mass is 205 g/mol. The van der Waals surface area contributed by atoms with Crippen LogP contribution in [0.5, 0.6) is 0 Å². The van der Waals surface area contributed by atoms with Crippen molar-refractivity contribution in [3.8, 4) is 0 Å². The Morgan fingerprint density at radius 1 is 1.15 bits per heavy atom. The first kappa shape index (κ1) is 12.9. The quantitative estimate of drug-likeness (QED) is 0.433. The van der Waals surface area contributed by atoms with E-state index in [-0.39, 0.29) is 0 Å². The van der Waals surface area contributed by atoms with Crippen molar-refractivity contribution in [3.05, 3.63) is 4.91 Å². The fourth-order valence-corrected chi connectivity index (χ4v) is 1.70. The Kier molecular flexibility index (Phi) is 7.25. The van der Waals surface area contributed by atoms with E-state index < -0.39 is 5.54 Å². The summed E-state index contributed by atoms with van der Waals surface area (Å²) < 4.78 is 0. The molecule has 2 nitrogen and oxygen atoms in total. The zero-order chi connectivity index (χ0) is 10.2. The van der Waals surface area contributed by atoms with E-state index >= 15 is 0 Å². The van der Waals surface area contributed by atoms with Crippen LogP contribution < -0.4 is 0 Å². The van der Waals surface area contributed by atoms with Gasteiger partial charge in [0.2, 0.25) is 0 Å². The summed E-state index contributed by atoms with van der Waals surface area (Å²) >= 11 is 5.80. The SMILES string of the molecule is CCCCC(CCl)(CCCC)N=O. The van der Waals surface area contributed by atoms with Crippen molar-refractivity contribution in [2.75, 3.05) is 5.88 Å². The molecule has 0 aliphatic carbocycles. The molecule has 0 rings (SSSR count). The van der Waals surface area contributed by atoms with E-state index in [0.717, 1.165) is 38.5 Å². The molecule has 0 radical (unpaired) electrons. The summed E-state index contributed by atoms with van der Waals surface area (Å²) in [5, 5.41) is 3.23. The van der Waals surface area contributed by atoms with Crippen molar-refractivity contribution in [2.45, 2.75) is 57.9 Å². The molecule has 0 saturated heterocycles. The Bertz CT molecular complexity index is 131. The summed E-state index contributed by atoms with van der Waals surface area (Å²) in [5.74, 6) is 0.372. The van der Waals surface area contributed by atoms with Crippen molar-refractivity contribution in [1.29, 1.82) is 0 Å². The molecule has 0 heterocycles. The third-order valence-electron chi connectivity index (χ3n) is 2.43. The van der Waals surface area contributed by atoms with E-state index in [2.05, 4.69) is 19.0 Å². The second-order valence-corrected chi connectivity index (χ2v) is 3.92. The molecule has 0 N–H and O–H groups in total. The van der Waals surface area contributed by atoms with Crippen LogP contribution in [0.3, 0.4) is 0 Å². The lowest BCUT2D eigenvalue weighted by Crippen LogP contribution is -2.28. The van der Waals surface area contributed by atoms with Gasteiger partial charge in [-0.2, -0.15) is 4.91 Å². The second-order valence-electron chi connectivity index (χ2n) is 3.66. The van der Waals surface area contributed by atoms with E-state index in [0.29, 0.717) is 5.88 Å². The van der Waals surface area contributed by atoms with Gasteiger partial charge in [-0.3, -0.25) is 0 Å². The average molecular weight is 206 g/mol. The minimum absolute atomic E-state index is 0.372. The average Bonchev–Trinajstić information content (AvgIpc) is 2.20. The summed E-state index contributed by atoms with van der Waals surface area (Å²) in [4.78, 5) is 10.7. The highest BCUT2D eigenvalue weighted by atomic mass is 35.5. The third-order valence-corrected chi connectivity index (χ3v) is 2.93. The maximum atomic E-state index is 10.7. The molecule has 3 heteroatoms. The van der Waals surface area contributed by atoms with Gasteiger partial charge in [0.1, 0.15) is 5.54 Å². The number of alkyl halides is 1. The molecule has 0 atom stereocenters. The van der Waals surface area contributed by atoms with E-state index in [4.69, 9.17) is 11.6 Å². The van der Waals surface area contributed by atoms with Gasteiger partial charge in [-0.05, 0) is 12.8 Å². The van der Waals surface area contributed by atoms with Crippen LogP contribution in [0.25, 0.3) is 0 Å². The Hall–Kier alpha value is -0.110. The van der Waals surface area contributed by atoms with Gasteiger partial charge in [0, 0.05) is 0 Å². The maximum Gasteiger partial charge on any atom is 0.116 e. The summed E-state index contributed by atoms with van der Waals surface area (Å²) in [5.41, 5.74) is -0.479. The Morgan fingerprint density at radius 2 is 1.62 bits per heavy atom. The molecule has 78 valence electrons. The molecular weight excluding hydrogens is 186 g/mol. The topological polar surface area (TPSA) is 29.4 Å². The smallest absolute Gasteiger partial charge is 0.116 e. The number of halogens is 1. The van der Waals surface area contributed by atoms with Gasteiger partial charge in [0.15, 0.2) is 0 Å². The van der Waals surface area contributed by atoms with Gasteiger partial charge in [0.25, 0.3) is 0 Å². The fourth-order valence-electron chi connectivity index (χ4n) is 1.39. The molecule has 0 unspecified atom stereocenters. The molecule has 0 fully saturated rings. The fraction of sp³-hybridized carbons (Fsp3) is 1.00. The molecule has 0 amide bonds. The summed E-state index contributed by atoms with van der Waals surface area (Å²) in [6.07, 6.45) is 5.97. The van der Waals surface area contributed by atoms with Gasteiger partial charge in [0.05, 0.1) is 5.88 Å². The van der Waals surface area contributed by atoms with Crippen molar-refractivity contribution in [1.82, 2.24) is 0 Å². The zero-order valence-corrected chi connectivity index (χ0v) is 9.44. The van der Waals surface area contributed by atoms with Crippen LogP contribution in [0.15, 0.2) is 5.18 Å². The largest absolute Gasteiger partial charge is 0.150 e. The molecule has 13 heavy (non-hydrogen) atoms. The normalized spacial score (nSPS) is 11.6. The minimum Gasteiger partial charge on any atom is -0.150 e. The van der Waals surface area contributed by atoms with Gasteiger partial charge in [-0.25, -0.2) is 0 Å². The molecule has 0 spiro atoms. The predicted molar refractivity (Wildman–Crippen MR) is 58.3 cm³/mol. The van der Waals surface area contributed by atoms with Crippen LogP contribution in [0.4, 0.5) is 0 Å². The molecule has 0 aromatic carbocycles. The highest BCUT2D eigenvalue weighted by Gasteiger charge is 2.28. The van der Waals surface area contributed by atoms with Crippen LogP contribution in [-0.2, 0) is 0 Å². The van der Waals surface area contributed by atoms with Crippen molar-refractivity contribution in [3.63, 3.8) is 0 Å². The molecule has 0 saturated carbocycles. The van der Waals surface area contributed by atoms with Crippen LogP contribution in [0, 0.1) is 4.91 Å². The van der Waals surface area contributed by atoms with E-state index in [1.807, 2.05) is 0 Å². The number of hydrogen-bond acceptors (Lipinski definition) is 2. The minimum atomic E-state index is -0.479. The van der Waals surface area contributed by atoms with Crippen LogP contribution >= 0.6 is 11.6 Å². The first-order chi connectivity index (χ1) is 6.24. The highest BCUT2D eigenvalue weighted by molar-refractivity contribution is 6.18. The Morgan fingerprint density at radius 3 is 1.85 bits per heavy atom. The van der Waals surface area contributed by atoms with E-state index in [9.17, 15) is 4.91 Å². The van der Waals surface area contributed by atoms with Gasteiger partial charge in [-0.15, -0.1) is 11.6 Å². The second kappa shape index (κ2) is 7.31. The predicted octanol–water partition coefficient (Wildman–Crippen LogP) is 4.11. The van der Waals surface area contributed by atoms with Crippen LogP contribution in [-0.4, -0.2) is 11.4 Å². The third kappa shape index (κ3) is 4.61. The van der Waals surface area contributed by atoms with E-state index in [1.54, 1.807) is 0 Å². The lowest BCUT2D eigenvalue weighted by atomic mass is 9.90. The molecule has 0 aliphatic rings. The van der Waals surface area contributed by atoms with Crippen LogP contribution in [0.2, 0.25) is 0 Å². The number of nitrogens with zero attached hydrogens (tertiary/aromatic N) is 1. The van der Waals surface area contributed by atoms with Crippen molar-refractivity contribution < 1.29 is 0 Å². The van der Waals surface area contributed by atoms with E-state index in [1.165, 1.54) is 0 Å². The molecular formula is C10H20ClNO. The summed E-state index contributed by atoms with van der Waals surface area (Å²) in [6.45, 7) is 4.23. The Labute approximate surface area is 86.0 Å². The van der Waals surface area contributed by atoms with Gasteiger partial charge in [-0.1, -0.05) is 44.7 Å². The van der Waals surface area contributed by atoms with Crippen LogP contribution in [0.1, 0.15) is 52.4 Å². The van der Waals surface area contributed by atoms with Crippen molar-refractivity contribution in [2.24, 2.45) is 5.18 Å². The highest BCUT2D eigenvalue weighted by Crippen LogP contribution is 2.27. The molecule has 0 aliphatic heterocycles. The van der Waals surface area contributed by atoms with Gasteiger partial charge < -0.3 is 0 Å². The first-order valence-corrected chi connectivity index (χ1v) is 5.68. The maximum absolute atomic E-state index is 10.7. The van der Waals surface area contributed by atoms with Gasteiger partial charge >= 0.3 is 0 Å². The number of unbranched alkanes of at least 4 members (excludes halogenated alkanes) is 2. The summed E-state index contributed by atoms with van der Waals surface area (Å²) in [7, 11) is 0. The first-order valence-electron chi connectivity index (χ1n) is 5.15. The van der Waals surface area contributed by atoms with Crippen molar-refractivity contribution >= 4 is 11.6 Å². The number of rotatable bonds is 8. The Balaban J connectivity index is 4.04.